The van der Waals surface area contributed by atoms with Crippen LogP contribution in [0.25, 0.3) is 0 Å². The zero-order valence-electron chi connectivity index (χ0n) is 7.59. The molecule has 0 unspecified atom stereocenters. The Bertz CT molecular complexity index is 198. The Kier molecular flexibility index (Phi) is 5.18. The SMILES string of the molecule is C=C/C=C\C=C(/C)C=C(C)C. The highest BCUT2D eigenvalue weighted by atomic mass is 13.9. The number of allylic oxidation sites excluding steroid dienone is 7. The summed E-state index contributed by atoms with van der Waals surface area (Å²) in [6.07, 6.45) is 9.89. The van der Waals surface area contributed by atoms with E-state index in [-0.39, 0.29) is 0 Å². The van der Waals surface area contributed by atoms with E-state index in [2.05, 4.69) is 39.5 Å². The summed E-state index contributed by atoms with van der Waals surface area (Å²) in [7, 11) is 0. The third-order valence-electron chi connectivity index (χ3n) is 1.12. The van der Waals surface area contributed by atoms with E-state index in [1.165, 1.54) is 11.1 Å². The maximum atomic E-state index is 3.59. The van der Waals surface area contributed by atoms with Gasteiger partial charge in [0.15, 0.2) is 0 Å². The lowest BCUT2D eigenvalue weighted by Gasteiger charge is -1.89. The quantitative estimate of drug-likeness (QED) is 0.536. The highest BCUT2D eigenvalue weighted by Gasteiger charge is 1.79. The van der Waals surface area contributed by atoms with E-state index in [1.807, 2.05) is 12.2 Å². The van der Waals surface area contributed by atoms with Gasteiger partial charge < -0.3 is 0 Å². The Hall–Kier alpha value is -1.04. The van der Waals surface area contributed by atoms with Crippen LogP contribution in [0.2, 0.25) is 0 Å². The summed E-state index contributed by atoms with van der Waals surface area (Å²) in [6.45, 7) is 9.85. The molecule has 0 saturated carbocycles. The van der Waals surface area contributed by atoms with E-state index >= 15 is 0 Å². The van der Waals surface area contributed by atoms with Crippen LogP contribution in [0.3, 0.4) is 0 Å². The molecule has 0 bridgehead atoms. The van der Waals surface area contributed by atoms with Gasteiger partial charge in [-0.15, -0.1) is 0 Å². The molecule has 0 aromatic carbocycles. The Morgan fingerprint density at radius 2 is 1.73 bits per heavy atom. The minimum atomic E-state index is 1.27. The van der Waals surface area contributed by atoms with Gasteiger partial charge in [0, 0.05) is 0 Å². The van der Waals surface area contributed by atoms with E-state index in [0.717, 1.165) is 0 Å². The third-order valence-corrected chi connectivity index (χ3v) is 1.12. The summed E-state index contributed by atoms with van der Waals surface area (Å²) in [5.74, 6) is 0. The van der Waals surface area contributed by atoms with Crippen molar-refractivity contribution in [3.05, 3.63) is 48.1 Å². The summed E-state index contributed by atoms with van der Waals surface area (Å²) in [5.41, 5.74) is 2.59. The van der Waals surface area contributed by atoms with Crippen LogP contribution in [0.5, 0.6) is 0 Å². The third kappa shape index (κ3) is 6.85. The van der Waals surface area contributed by atoms with Crippen LogP contribution in [0.4, 0.5) is 0 Å². The molecule has 60 valence electrons. The summed E-state index contributed by atoms with van der Waals surface area (Å²) in [4.78, 5) is 0. The molecule has 0 radical (unpaired) electrons. The normalized spacial score (nSPS) is 11.7. The first-order chi connectivity index (χ1) is 5.16. The van der Waals surface area contributed by atoms with Crippen LogP contribution < -0.4 is 0 Å². The molecule has 0 heterocycles. The van der Waals surface area contributed by atoms with Gasteiger partial charge in [0.05, 0.1) is 0 Å². The van der Waals surface area contributed by atoms with Crippen molar-refractivity contribution in [3.63, 3.8) is 0 Å². The van der Waals surface area contributed by atoms with Crippen molar-refractivity contribution in [2.45, 2.75) is 20.8 Å². The van der Waals surface area contributed by atoms with Gasteiger partial charge in [-0.2, -0.15) is 0 Å². The fourth-order valence-corrected chi connectivity index (χ4v) is 0.789. The molecule has 0 atom stereocenters. The molecule has 0 fully saturated rings. The van der Waals surface area contributed by atoms with Crippen LogP contribution in [-0.4, -0.2) is 0 Å². The zero-order valence-corrected chi connectivity index (χ0v) is 7.59. The molecular weight excluding hydrogens is 132 g/mol. The highest BCUT2D eigenvalue weighted by Crippen LogP contribution is 2.00. The lowest BCUT2D eigenvalue weighted by molar-refractivity contribution is 1.35. The van der Waals surface area contributed by atoms with Crippen molar-refractivity contribution >= 4 is 0 Å². The molecule has 0 aliphatic carbocycles. The smallest absolute Gasteiger partial charge is 0.0398 e. The maximum absolute atomic E-state index is 3.59. The Balaban J connectivity index is 4.12. The topological polar surface area (TPSA) is 0 Å². The average Bonchev–Trinajstić information content (AvgIpc) is 1.86. The molecular formula is C11H16. The van der Waals surface area contributed by atoms with Crippen molar-refractivity contribution in [2.24, 2.45) is 0 Å². The lowest BCUT2D eigenvalue weighted by atomic mass is 10.2. The molecule has 0 aliphatic heterocycles. The summed E-state index contributed by atoms with van der Waals surface area (Å²) in [6, 6.07) is 0. The minimum Gasteiger partial charge on any atom is -0.0991 e. The van der Waals surface area contributed by atoms with Crippen LogP contribution in [-0.2, 0) is 0 Å². The number of hydrogen-bond acceptors (Lipinski definition) is 0. The lowest BCUT2D eigenvalue weighted by Crippen LogP contribution is -1.68. The van der Waals surface area contributed by atoms with Crippen LogP contribution in [0, 0.1) is 0 Å². The van der Waals surface area contributed by atoms with E-state index in [9.17, 15) is 0 Å². The van der Waals surface area contributed by atoms with Crippen LogP contribution in [0.1, 0.15) is 20.8 Å². The first-order valence-electron chi connectivity index (χ1n) is 3.77. The van der Waals surface area contributed by atoms with Gasteiger partial charge >= 0.3 is 0 Å². The first-order valence-corrected chi connectivity index (χ1v) is 3.77. The number of rotatable bonds is 3. The maximum Gasteiger partial charge on any atom is -0.0398 e. The fourth-order valence-electron chi connectivity index (χ4n) is 0.789. The molecule has 0 spiro atoms. The van der Waals surface area contributed by atoms with Crippen LogP contribution >= 0.6 is 0 Å². The highest BCUT2D eigenvalue weighted by molar-refractivity contribution is 5.24. The Morgan fingerprint density at radius 3 is 2.18 bits per heavy atom. The van der Waals surface area contributed by atoms with Crippen molar-refractivity contribution in [1.29, 1.82) is 0 Å². The van der Waals surface area contributed by atoms with Crippen molar-refractivity contribution < 1.29 is 0 Å². The Morgan fingerprint density at radius 1 is 1.09 bits per heavy atom. The monoisotopic (exact) mass is 148 g/mol. The molecule has 0 aromatic heterocycles. The van der Waals surface area contributed by atoms with E-state index in [4.69, 9.17) is 0 Å². The van der Waals surface area contributed by atoms with Gasteiger partial charge in [-0.05, 0) is 20.8 Å². The predicted octanol–water partition coefficient (Wildman–Crippen LogP) is 3.64. The summed E-state index contributed by atoms with van der Waals surface area (Å²) in [5, 5.41) is 0. The molecule has 0 amide bonds. The van der Waals surface area contributed by atoms with E-state index in [0.29, 0.717) is 0 Å². The van der Waals surface area contributed by atoms with E-state index < -0.39 is 0 Å². The fraction of sp³-hybridized carbons (Fsp3) is 0.273. The Labute approximate surface area is 69.6 Å². The van der Waals surface area contributed by atoms with Gasteiger partial charge in [-0.3, -0.25) is 0 Å². The second kappa shape index (κ2) is 5.72. The second-order valence-electron chi connectivity index (χ2n) is 2.75. The molecule has 0 aromatic rings. The predicted molar refractivity (Wildman–Crippen MR) is 52.5 cm³/mol. The summed E-state index contributed by atoms with van der Waals surface area (Å²) < 4.78 is 0. The van der Waals surface area contributed by atoms with Crippen molar-refractivity contribution in [1.82, 2.24) is 0 Å². The minimum absolute atomic E-state index is 1.27. The standard InChI is InChI=1S/C11H16/c1-5-6-7-8-11(4)9-10(2)3/h5-9H,1H2,2-4H3/b7-6-,11-8+. The van der Waals surface area contributed by atoms with Crippen molar-refractivity contribution in [3.8, 4) is 0 Å². The van der Waals surface area contributed by atoms with Gasteiger partial charge in [0.2, 0.25) is 0 Å². The average molecular weight is 148 g/mol. The first kappa shape index (κ1) is 9.96. The molecule has 0 nitrogen and oxygen atoms in total. The largest absolute Gasteiger partial charge is 0.0991 e. The molecule has 0 N–H and O–H groups in total. The zero-order chi connectivity index (χ0) is 8.69. The van der Waals surface area contributed by atoms with Crippen molar-refractivity contribution in [2.75, 3.05) is 0 Å². The van der Waals surface area contributed by atoms with Gasteiger partial charge in [-0.25, -0.2) is 0 Å². The number of hydrogen-bond donors (Lipinski definition) is 0. The van der Waals surface area contributed by atoms with Gasteiger partial charge in [-0.1, -0.05) is 48.1 Å². The molecule has 11 heavy (non-hydrogen) atoms. The summed E-state index contributed by atoms with van der Waals surface area (Å²) >= 11 is 0. The van der Waals surface area contributed by atoms with E-state index in [1.54, 1.807) is 6.08 Å². The molecule has 0 rings (SSSR count). The second-order valence-corrected chi connectivity index (χ2v) is 2.75. The van der Waals surface area contributed by atoms with Crippen LogP contribution in [0.15, 0.2) is 48.1 Å². The van der Waals surface area contributed by atoms with Gasteiger partial charge in [0.25, 0.3) is 0 Å². The van der Waals surface area contributed by atoms with Gasteiger partial charge in [0.1, 0.15) is 0 Å². The molecule has 0 heteroatoms. The molecule has 0 aliphatic rings. The molecule has 0 saturated heterocycles.